The standard InChI is InChI=1S/C22H28S2/c1-5-6-7-15-22(23-16-8-17-24-22)21-13-11-20(12-14-21)19(4)10-9-18(2)3/h5,9-14H,1-2,4,6-8,15-17H2,3H3/b10-9-. The highest BCUT2D eigenvalue weighted by molar-refractivity contribution is 8.18. The minimum atomic E-state index is 0.217. The smallest absolute Gasteiger partial charge is 0.0860 e. The zero-order chi connectivity index (χ0) is 17.4. The molecule has 0 unspecified atom stereocenters. The van der Waals surface area contributed by atoms with Crippen LogP contribution in [0.15, 0.2) is 67.8 Å². The Bertz CT molecular complexity index is 601. The SMILES string of the molecule is C=CCCCC1(c2ccc(C(=C)/C=C\C(=C)C)cc2)SCCCS1. The second-order valence-corrected chi connectivity index (χ2v) is 9.31. The molecule has 0 amide bonds. The lowest BCUT2D eigenvalue weighted by atomic mass is 10.0. The molecule has 1 aromatic carbocycles. The fraction of sp³-hybridized carbons (Fsp3) is 0.364. The van der Waals surface area contributed by atoms with Gasteiger partial charge >= 0.3 is 0 Å². The van der Waals surface area contributed by atoms with E-state index in [1.165, 1.54) is 41.9 Å². The molecule has 0 nitrogen and oxygen atoms in total. The molecule has 2 heteroatoms. The van der Waals surface area contributed by atoms with Crippen molar-refractivity contribution in [3.8, 4) is 0 Å². The number of thioether (sulfide) groups is 2. The summed E-state index contributed by atoms with van der Waals surface area (Å²) in [6, 6.07) is 9.03. The maximum Gasteiger partial charge on any atom is 0.0860 e. The Labute approximate surface area is 156 Å². The number of allylic oxidation sites excluding steroid dienone is 5. The Hall–Kier alpha value is -1.12. The molecule has 1 saturated heterocycles. The average Bonchev–Trinajstić information content (AvgIpc) is 2.61. The van der Waals surface area contributed by atoms with Crippen LogP contribution in [0.4, 0.5) is 0 Å². The summed E-state index contributed by atoms with van der Waals surface area (Å²) in [5, 5.41) is 0. The molecule has 1 fully saturated rings. The van der Waals surface area contributed by atoms with E-state index in [9.17, 15) is 0 Å². The first kappa shape index (κ1) is 19.2. The monoisotopic (exact) mass is 356 g/mol. The summed E-state index contributed by atoms with van der Waals surface area (Å²) in [6.45, 7) is 13.9. The predicted molar refractivity (Wildman–Crippen MR) is 115 cm³/mol. The number of rotatable bonds is 8. The lowest BCUT2D eigenvalue weighted by molar-refractivity contribution is 0.693. The Morgan fingerprint density at radius 1 is 1.12 bits per heavy atom. The van der Waals surface area contributed by atoms with Gasteiger partial charge in [-0.15, -0.1) is 30.1 Å². The fourth-order valence-electron chi connectivity index (χ4n) is 2.79. The van der Waals surface area contributed by atoms with Crippen molar-refractivity contribution in [2.24, 2.45) is 0 Å². The third-order valence-corrected chi connectivity index (χ3v) is 7.64. The van der Waals surface area contributed by atoms with Crippen molar-refractivity contribution in [1.29, 1.82) is 0 Å². The highest BCUT2D eigenvalue weighted by Crippen LogP contribution is 2.53. The van der Waals surface area contributed by atoms with Gasteiger partial charge in [0.05, 0.1) is 4.08 Å². The van der Waals surface area contributed by atoms with Gasteiger partial charge in [0, 0.05) is 0 Å². The number of unbranched alkanes of at least 4 members (excludes halogenated alkanes) is 1. The zero-order valence-corrected chi connectivity index (χ0v) is 16.4. The summed E-state index contributed by atoms with van der Waals surface area (Å²) in [5.74, 6) is 2.52. The van der Waals surface area contributed by atoms with Gasteiger partial charge in [-0.1, -0.05) is 61.2 Å². The summed E-state index contributed by atoms with van der Waals surface area (Å²) in [5.41, 5.74) is 4.71. The van der Waals surface area contributed by atoms with Gasteiger partial charge in [0.2, 0.25) is 0 Å². The highest BCUT2D eigenvalue weighted by atomic mass is 32.2. The third kappa shape index (κ3) is 5.19. The van der Waals surface area contributed by atoms with Crippen LogP contribution in [0.2, 0.25) is 0 Å². The van der Waals surface area contributed by atoms with Crippen molar-refractivity contribution < 1.29 is 0 Å². The topological polar surface area (TPSA) is 0 Å². The molecule has 2 rings (SSSR count). The minimum Gasteiger partial charge on any atom is -0.139 e. The third-order valence-electron chi connectivity index (χ3n) is 4.14. The van der Waals surface area contributed by atoms with Crippen molar-refractivity contribution in [3.05, 3.63) is 78.9 Å². The molecular weight excluding hydrogens is 328 g/mol. The van der Waals surface area contributed by atoms with E-state index in [4.69, 9.17) is 0 Å². The van der Waals surface area contributed by atoms with Crippen LogP contribution in [0.1, 0.15) is 43.7 Å². The molecule has 1 aliphatic rings. The van der Waals surface area contributed by atoms with Crippen LogP contribution in [0, 0.1) is 0 Å². The van der Waals surface area contributed by atoms with Gasteiger partial charge in [0.1, 0.15) is 0 Å². The number of benzene rings is 1. The number of hydrogen-bond donors (Lipinski definition) is 0. The van der Waals surface area contributed by atoms with Crippen molar-refractivity contribution in [2.75, 3.05) is 11.5 Å². The van der Waals surface area contributed by atoms with E-state index in [1.807, 2.05) is 25.2 Å². The van der Waals surface area contributed by atoms with Crippen LogP contribution in [-0.4, -0.2) is 11.5 Å². The molecule has 24 heavy (non-hydrogen) atoms. The minimum absolute atomic E-state index is 0.217. The molecule has 1 aliphatic heterocycles. The van der Waals surface area contributed by atoms with Crippen LogP contribution < -0.4 is 0 Å². The summed E-state index contributed by atoms with van der Waals surface area (Å²) in [7, 11) is 0. The Morgan fingerprint density at radius 3 is 2.38 bits per heavy atom. The number of hydrogen-bond acceptors (Lipinski definition) is 2. The van der Waals surface area contributed by atoms with Crippen LogP contribution >= 0.6 is 23.5 Å². The fourth-order valence-corrected chi connectivity index (χ4v) is 6.22. The Balaban J connectivity index is 2.17. The lowest BCUT2D eigenvalue weighted by Crippen LogP contribution is -2.22. The molecule has 0 bridgehead atoms. The zero-order valence-electron chi connectivity index (χ0n) is 14.7. The largest absolute Gasteiger partial charge is 0.139 e. The van der Waals surface area contributed by atoms with Crippen molar-refractivity contribution in [1.82, 2.24) is 0 Å². The highest BCUT2D eigenvalue weighted by Gasteiger charge is 2.34. The predicted octanol–water partition coefficient (Wildman–Crippen LogP) is 7.21. The molecule has 1 aromatic rings. The first-order chi connectivity index (χ1) is 11.6. The molecule has 0 atom stereocenters. The first-order valence-corrected chi connectivity index (χ1v) is 10.6. The van der Waals surface area contributed by atoms with E-state index >= 15 is 0 Å². The Kier molecular flexibility index (Phi) is 7.51. The summed E-state index contributed by atoms with van der Waals surface area (Å²) in [4.78, 5) is 0. The molecule has 128 valence electrons. The van der Waals surface area contributed by atoms with Gasteiger partial charge in [-0.05, 0) is 60.8 Å². The van der Waals surface area contributed by atoms with Crippen LogP contribution in [-0.2, 0) is 4.08 Å². The van der Waals surface area contributed by atoms with Gasteiger partial charge in [0.25, 0.3) is 0 Å². The normalized spacial score (nSPS) is 16.9. The molecule has 0 N–H and O–H groups in total. The van der Waals surface area contributed by atoms with E-state index < -0.39 is 0 Å². The van der Waals surface area contributed by atoms with Gasteiger partial charge in [-0.3, -0.25) is 0 Å². The molecule has 1 heterocycles. The maximum absolute atomic E-state index is 4.17. The van der Waals surface area contributed by atoms with Crippen LogP contribution in [0.3, 0.4) is 0 Å². The van der Waals surface area contributed by atoms with Gasteiger partial charge in [-0.2, -0.15) is 0 Å². The van der Waals surface area contributed by atoms with E-state index in [0.717, 1.165) is 17.6 Å². The average molecular weight is 357 g/mol. The van der Waals surface area contributed by atoms with E-state index in [1.54, 1.807) is 0 Å². The quantitative estimate of drug-likeness (QED) is 0.274. The second-order valence-electron chi connectivity index (χ2n) is 6.27. The van der Waals surface area contributed by atoms with Crippen molar-refractivity contribution >= 4 is 29.1 Å². The van der Waals surface area contributed by atoms with Crippen molar-refractivity contribution in [3.63, 3.8) is 0 Å². The lowest BCUT2D eigenvalue weighted by Gasteiger charge is -2.37. The molecule has 0 aliphatic carbocycles. The molecule has 0 radical (unpaired) electrons. The molecular formula is C22H28S2. The van der Waals surface area contributed by atoms with Crippen molar-refractivity contribution in [2.45, 2.75) is 36.7 Å². The first-order valence-electron chi connectivity index (χ1n) is 8.59. The second kappa shape index (κ2) is 9.39. The van der Waals surface area contributed by atoms with Crippen LogP contribution in [0.5, 0.6) is 0 Å². The van der Waals surface area contributed by atoms with E-state index in [2.05, 4.69) is 67.5 Å². The summed E-state index contributed by atoms with van der Waals surface area (Å²) < 4.78 is 0.217. The van der Waals surface area contributed by atoms with Gasteiger partial charge in [0.15, 0.2) is 0 Å². The maximum atomic E-state index is 4.17. The summed E-state index contributed by atoms with van der Waals surface area (Å²) >= 11 is 4.25. The summed E-state index contributed by atoms with van der Waals surface area (Å²) in [6.07, 6.45) is 10.9. The molecule has 0 saturated carbocycles. The van der Waals surface area contributed by atoms with E-state index in [-0.39, 0.29) is 4.08 Å². The molecule has 0 aromatic heterocycles. The van der Waals surface area contributed by atoms with E-state index in [0.29, 0.717) is 0 Å². The Morgan fingerprint density at radius 2 is 1.79 bits per heavy atom. The molecule has 0 spiro atoms. The van der Waals surface area contributed by atoms with Crippen LogP contribution in [0.25, 0.3) is 5.57 Å². The van der Waals surface area contributed by atoms with Gasteiger partial charge < -0.3 is 0 Å². The van der Waals surface area contributed by atoms with Gasteiger partial charge in [-0.25, -0.2) is 0 Å².